The van der Waals surface area contributed by atoms with Crippen molar-refractivity contribution in [1.82, 2.24) is 0 Å². The maximum atomic E-state index is 5.78. The second-order valence-corrected chi connectivity index (χ2v) is 6.19. The third kappa shape index (κ3) is 2.59. The molecule has 0 aromatic rings. The predicted molar refractivity (Wildman–Crippen MR) is 56.0 cm³/mol. The van der Waals surface area contributed by atoms with Gasteiger partial charge in [-0.2, -0.15) is 0 Å². The van der Waals surface area contributed by atoms with Crippen LogP contribution >= 0.6 is 0 Å². The van der Waals surface area contributed by atoms with Crippen molar-refractivity contribution in [3.8, 4) is 0 Å². The Balaban J connectivity index is 2.46. The topological polar surface area (TPSA) is 9.23 Å². The first-order valence-corrected chi connectivity index (χ1v) is 5.77. The molecule has 0 saturated carbocycles. The molecule has 0 saturated heterocycles. The van der Waals surface area contributed by atoms with Gasteiger partial charge in [0, 0.05) is 0 Å². The maximum Gasteiger partial charge on any atom is 0.199 e. The van der Waals surface area contributed by atoms with E-state index in [1.54, 1.807) is 0 Å². The lowest BCUT2D eigenvalue weighted by Crippen LogP contribution is -2.28. The molecule has 0 aromatic heterocycles. The van der Waals surface area contributed by atoms with Crippen LogP contribution in [0.2, 0.25) is 0 Å². The first-order valence-electron chi connectivity index (χ1n) is 4.21. The standard InChI is InChI=1S/C10H17OS/c1-10(2,3)12(4)11-9-7-5-6-8-9/h5,7-8H,6H2,1-4H3/q+1. The summed E-state index contributed by atoms with van der Waals surface area (Å²) >= 11 is 0.00330. The van der Waals surface area contributed by atoms with E-state index >= 15 is 0 Å². The molecule has 0 aliphatic heterocycles. The smallest absolute Gasteiger partial charge is 0.199 e. The predicted octanol–water partition coefficient (Wildman–Crippen LogP) is 2.81. The minimum Gasteiger partial charge on any atom is -0.286 e. The second kappa shape index (κ2) is 3.56. The fourth-order valence-electron chi connectivity index (χ4n) is 0.768. The molecule has 0 spiro atoms. The lowest BCUT2D eigenvalue weighted by atomic mass is 10.3. The van der Waals surface area contributed by atoms with Crippen molar-refractivity contribution in [2.75, 3.05) is 6.26 Å². The van der Waals surface area contributed by atoms with E-state index in [2.05, 4.69) is 45.3 Å². The SMILES string of the molecule is C[S+](OC1=CCC=C1)C(C)(C)C. The van der Waals surface area contributed by atoms with Gasteiger partial charge in [0.05, 0.1) is 0 Å². The molecule has 0 fully saturated rings. The van der Waals surface area contributed by atoms with Crippen molar-refractivity contribution in [3.05, 3.63) is 24.0 Å². The van der Waals surface area contributed by atoms with E-state index in [4.69, 9.17) is 4.18 Å². The zero-order valence-electron chi connectivity index (χ0n) is 8.26. The lowest BCUT2D eigenvalue weighted by molar-refractivity contribution is 0.489. The van der Waals surface area contributed by atoms with E-state index in [9.17, 15) is 0 Å². The largest absolute Gasteiger partial charge is 0.286 e. The Kier molecular flexibility index (Phi) is 2.89. The van der Waals surface area contributed by atoms with Crippen LogP contribution in [0.4, 0.5) is 0 Å². The van der Waals surface area contributed by atoms with Crippen molar-refractivity contribution in [2.24, 2.45) is 0 Å². The summed E-state index contributed by atoms with van der Waals surface area (Å²) in [6.07, 6.45) is 9.46. The Hall–Kier alpha value is -0.370. The molecular formula is C10H17OS+. The van der Waals surface area contributed by atoms with Crippen LogP contribution in [0, 0.1) is 0 Å². The lowest BCUT2D eigenvalue weighted by Gasteiger charge is -2.15. The van der Waals surface area contributed by atoms with Gasteiger partial charge < -0.3 is 0 Å². The summed E-state index contributed by atoms with van der Waals surface area (Å²) in [4.78, 5) is 0. The minimum atomic E-state index is 0.00330. The molecule has 68 valence electrons. The molecule has 0 heterocycles. The van der Waals surface area contributed by atoms with E-state index in [0.29, 0.717) is 0 Å². The third-order valence-corrected chi connectivity index (χ3v) is 3.99. The average Bonchev–Trinajstić information content (AvgIpc) is 2.37. The van der Waals surface area contributed by atoms with Crippen molar-refractivity contribution >= 4 is 11.2 Å². The molecule has 1 aliphatic rings. The van der Waals surface area contributed by atoms with Crippen LogP contribution in [0.5, 0.6) is 0 Å². The Morgan fingerprint density at radius 1 is 1.42 bits per heavy atom. The molecule has 1 unspecified atom stereocenters. The summed E-state index contributed by atoms with van der Waals surface area (Å²) in [7, 11) is 0. The van der Waals surface area contributed by atoms with Crippen molar-refractivity contribution < 1.29 is 4.18 Å². The van der Waals surface area contributed by atoms with Crippen LogP contribution in [0.15, 0.2) is 24.0 Å². The van der Waals surface area contributed by atoms with E-state index in [-0.39, 0.29) is 15.9 Å². The number of hydrogen-bond acceptors (Lipinski definition) is 1. The van der Waals surface area contributed by atoms with E-state index < -0.39 is 0 Å². The van der Waals surface area contributed by atoms with Crippen LogP contribution in [-0.4, -0.2) is 11.0 Å². The second-order valence-electron chi connectivity index (χ2n) is 3.89. The summed E-state index contributed by atoms with van der Waals surface area (Å²) < 4.78 is 6.03. The molecule has 0 N–H and O–H groups in total. The molecule has 1 atom stereocenters. The maximum absolute atomic E-state index is 5.78. The van der Waals surface area contributed by atoms with Crippen LogP contribution in [0.3, 0.4) is 0 Å². The highest BCUT2D eigenvalue weighted by atomic mass is 32.2. The average molecular weight is 185 g/mol. The van der Waals surface area contributed by atoms with Gasteiger partial charge in [-0.15, -0.1) is 0 Å². The molecule has 0 radical (unpaired) electrons. The zero-order valence-corrected chi connectivity index (χ0v) is 9.07. The molecule has 2 heteroatoms. The molecule has 0 aromatic carbocycles. The first-order chi connectivity index (χ1) is 5.50. The molecular weight excluding hydrogens is 168 g/mol. The summed E-state index contributed by atoms with van der Waals surface area (Å²) in [6.45, 7) is 6.61. The molecule has 1 rings (SSSR count). The first kappa shape index (κ1) is 9.72. The number of hydrogen-bond donors (Lipinski definition) is 0. The molecule has 0 bridgehead atoms. The summed E-state index contributed by atoms with van der Waals surface area (Å²) in [5.74, 6) is 1.04. The minimum absolute atomic E-state index is 0.00330. The highest BCUT2D eigenvalue weighted by molar-refractivity contribution is 7.93. The molecule has 1 aliphatic carbocycles. The molecule has 12 heavy (non-hydrogen) atoms. The van der Waals surface area contributed by atoms with Crippen molar-refractivity contribution in [2.45, 2.75) is 31.9 Å². The third-order valence-electron chi connectivity index (χ3n) is 1.82. The normalized spacial score (nSPS) is 19.2. The van der Waals surface area contributed by atoms with Gasteiger partial charge in [0.15, 0.2) is 21.7 Å². The van der Waals surface area contributed by atoms with Crippen LogP contribution in [-0.2, 0) is 15.4 Å². The van der Waals surface area contributed by atoms with E-state index in [1.807, 2.05) is 0 Å². The van der Waals surface area contributed by atoms with Gasteiger partial charge in [-0.25, -0.2) is 0 Å². The van der Waals surface area contributed by atoms with Gasteiger partial charge in [-0.05, 0) is 39.3 Å². The highest BCUT2D eigenvalue weighted by Crippen LogP contribution is 2.22. The fraction of sp³-hybridized carbons (Fsp3) is 0.600. The van der Waals surface area contributed by atoms with Crippen molar-refractivity contribution in [1.29, 1.82) is 0 Å². The fourth-order valence-corrected chi connectivity index (χ4v) is 1.43. The monoisotopic (exact) mass is 185 g/mol. The van der Waals surface area contributed by atoms with Gasteiger partial charge >= 0.3 is 0 Å². The summed E-state index contributed by atoms with van der Waals surface area (Å²) in [5.41, 5.74) is 0. The number of rotatable bonds is 2. The Morgan fingerprint density at radius 3 is 2.50 bits per heavy atom. The number of allylic oxidation sites excluding steroid dienone is 3. The van der Waals surface area contributed by atoms with E-state index in [1.165, 1.54) is 0 Å². The quantitative estimate of drug-likeness (QED) is 0.601. The van der Waals surface area contributed by atoms with Crippen molar-refractivity contribution in [3.63, 3.8) is 0 Å². The summed E-state index contributed by atoms with van der Waals surface area (Å²) in [6, 6.07) is 0. The molecule has 1 nitrogen and oxygen atoms in total. The van der Waals surface area contributed by atoms with Gasteiger partial charge in [-0.3, -0.25) is 4.18 Å². The van der Waals surface area contributed by atoms with Gasteiger partial charge in [-0.1, -0.05) is 6.08 Å². The van der Waals surface area contributed by atoms with Crippen LogP contribution in [0.1, 0.15) is 27.2 Å². The van der Waals surface area contributed by atoms with Crippen LogP contribution < -0.4 is 0 Å². The summed E-state index contributed by atoms with van der Waals surface area (Å²) in [5, 5.41) is 0. The Bertz CT molecular complexity index is 210. The van der Waals surface area contributed by atoms with Gasteiger partial charge in [0.25, 0.3) is 0 Å². The van der Waals surface area contributed by atoms with Crippen LogP contribution in [0.25, 0.3) is 0 Å². The zero-order chi connectivity index (χ0) is 9.19. The molecule has 0 amide bonds. The highest BCUT2D eigenvalue weighted by Gasteiger charge is 2.33. The van der Waals surface area contributed by atoms with Gasteiger partial charge in [0.1, 0.15) is 6.26 Å². The Labute approximate surface area is 78.1 Å². The van der Waals surface area contributed by atoms with Gasteiger partial charge in [0.2, 0.25) is 0 Å². The van der Waals surface area contributed by atoms with E-state index in [0.717, 1.165) is 12.2 Å². The Morgan fingerprint density at radius 2 is 2.08 bits per heavy atom.